The number of carbonyl (C=O) groups is 1. The topological polar surface area (TPSA) is 76.4 Å². The number of nitrogens with one attached hydrogen (secondary N) is 1. The van der Waals surface area contributed by atoms with Crippen molar-refractivity contribution in [2.75, 3.05) is 18.4 Å². The van der Waals surface area contributed by atoms with E-state index in [4.69, 9.17) is 0 Å². The van der Waals surface area contributed by atoms with E-state index >= 15 is 0 Å². The van der Waals surface area contributed by atoms with Gasteiger partial charge in [-0.25, -0.2) is 0 Å². The molecule has 0 unspecified atom stereocenters. The van der Waals surface area contributed by atoms with Gasteiger partial charge in [-0.15, -0.1) is 0 Å². The van der Waals surface area contributed by atoms with Crippen LogP contribution in [0.2, 0.25) is 0 Å². The highest BCUT2D eigenvalue weighted by Crippen LogP contribution is 2.23. The van der Waals surface area contributed by atoms with Gasteiger partial charge in [0.1, 0.15) is 6.07 Å². The van der Waals surface area contributed by atoms with Crippen LogP contribution in [0.1, 0.15) is 34.8 Å². The first-order chi connectivity index (χ1) is 12.6. The van der Waals surface area contributed by atoms with Crippen molar-refractivity contribution in [3.8, 4) is 6.07 Å². The van der Waals surface area contributed by atoms with Crippen LogP contribution in [0, 0.1) is 11.3 Å². The second-order valence-corrected chi connectivity index (χ2v) is 6.77. The third-order valence-corrected chi connectivity index (χ3v) is 4.81. The normalized spacial score (nSPS) is 19.9. The van der Waals surface area contributed by atoms with Crippen LogP contribution in [0.3, 0.4) is 0 Å². The van der Waals surface area contributed by atoms with Crippen LogP contribution >= 0.6 is 0 Å². The Morgan fingerprint density at radius 2 is 2.08 bits per heavy atom. The first-order valence-corrected chi connectivity index (χ1v) is 8.82. The van der Waals surface area contributed by atoms with Gasteiger partial charge in [-0.3, -0.25) is 9.69 Å². The van der Waals surface area contributed by atoms with Gasteiger partial charge in [-0.05, 0) is 37.1 Å². The van der Waals surface area contributed by atoms with Crippen LogP contribution in [0.25, 0.3) is 0 Å². The second kappa shape index (κ2) is 8.13. The molecule has 2 atom stereocenters. The van der Waals surface area contributed by atoms with Crippen molar-refractivity contribution in [2.24, 2.45) is 0 Å². The van der Waals surface area contributed by atoms with E-state index in [2.05, 4.69) is 28.4 Å². The highest BCUT2D eigenvalue weighted by Gasteiger charge is 2.30. The van der Waals surface area contributed by atoms with E-state index in [0.29, 0.717) is 36.3 Å². The van der Waals surface area contributed by atoms with Gasteiger partial charge in [0.05, 0.1) is 17.4 Å². The Balaban J connectivity index is 1.70. The third-order valence-electron chi connectivity index (χ3n) is 4.81. The number of anilines is 1. The molecule has 2 aromatic carbocycles. The Hall–Kier alpha value is -2.68. The number of nitriles is 1. The first-order valence-electron chi connectivity index (χ1n) is 8.82. The van der Waals surface area contributed by atoms with Crippen LogP contribution in [-0.4, -0.2) is 41.0 Å². The number of nitrogens with zero attached hydrogens (tertiary/aromatic N) is 2. The van der Waals surface area contributed by atoms with Gasteiger partial charge in [-0.2, -0.15) is 5.26 Å². The summed E-state index contributed by atoms with van der Waals surface area (Å²) >= 11 is 0. The average Bonchev–Trinajstić information content (AvgIpc) is 2.99. The number of hydrogen-bond acceptors (Lipinski definition) is 5. The van der Waals surface area contributed by atoms with Gasteiger partial charge < -0.3 is 10.4 Å². The molecular weight excluding hydrogens is 326 g/mol. The lowest BCUT2D eigenvalue weighted by Crippen LogP contribution is -2.34. The number of carbonyl (C=O) groups excluding carboxylic acids is 1. The van der Waals surface area contributed by atoms with E-state index in [9.17, 15) is 15.2 Å². The molecule has 5 heteroatoms. The highest BCUT2D eigenvalue weighted by molar-refractivity contribution is 5.95. The van der Waals surface area contributed by atoms with Gasteiger partial charge in [0.25, 0.3) is 0 Å². The van der Waals surface area contributed by atoms with E-state index in [1.165, 1.54) is 12.5 Å². The lowest BCUT2D eigenvalue weighted by atomic mass is 10.1. The minimum absolute atomic E-state index is 0.0282. The first kappa shape index (κ1) is 18.1. The van der Waals surface area contributed by atoms with Crippen molar-refractivity contribution in [2.45, 2.75) is 32.0 Å². The molecule has 3 rings (SSSR count). The van der Waals surface area contributed by atoms with Crippen LogP contribution in [0.15, 0.2) is 48.5 Å². The lowest BCUT2D eigenvalue weighted by Gasteiger charge is -2.25. The quantitative estimate of drug-likeness (QED) is 0.784. The standard InChI is InChI=1S/C21H23N3O2/c1-15(25)17-7-8-18(11-22)21(9-17)23-12-19-10-20(26)14-24(19)13-16-5-3-2-4-6-16/h2-9,19-20,23,26H,10,12-14H2,1H3/t19-,20+/m0/s1. The molecule has 0 spiro atoms. The Morgan fingerprint density at radius 1 is 1.31 bits per heavy atom. The zero-order chi connectivity index (χ0) is 18.5. The van der Waals surface area contributed by atoms with E-state index in [1.807, 2.05) is 18.2 Å². The Bertz CT molecular complexity index is 814. The molecule has 0 radical (unpaired) electrons. The van der Waals surface area contributed by atoms with E-state index in [-0.39, 0.29) is 17.9 Å². The van der Waals surface area contributed by atoms with Gasteiger partial charge in [0, 0.05) is 31.2 Å². The van der Waals surface area contributed by atoms with Gasteiger partial charge in [-0.1, -0.05) is 30.3 Å². The molecule has 1 fully saturated rings. The predicted molar refractivity (Wildman–Crippen MR) is 101 cm³/mol. The van der Waals surface area contributed by atoms with Crippen LogP contribution in [0.4, 0.5) is 5.69 Å². The van der Waals surface area contributed by atoms with Crippen LogP contribution in [0.5, 0.6) is 0 Å². The molecule has 1 saturated heterocycles. The van der Waals surface area contributed by atoms with Crippen LogP contribution in [-0.2, 0) is 6.54 Å². The minimum atomic E-state index is -0.343. The molecule has 0 bridgehead atoms. The fraction of sp³-hybridized carbons (Fsp3) is 0.333. The number of aliphatic hydroxyl groups excluding tert-OH is 1. The largest absolute Gasteiger partial charge is 0.392 e. The zero-order valence-corrected chi connectivity index (χ0v) is 14.9. The molecule has 134 valence electrons. The summed E-state index contributed by atoms with van der Waals surface area (Å²) in [5.41, 5.74) is 2.98. The summed E-state index contributed by atoms with van der Waals surface area (Å²) in [6.45, 7) is 3.54. The number of ketones is 1. The average molecular weight is 349 g/mol. The molecule has 0 amide bonds. The summed E-state index contributed by atoms with van der Waals surface area (Å²) in [4.78, 5) is 13.9. The highest BCUT2D eigenvalue weighted by atomic mass is 16.3. The number of benzene rings is 2. The summed E-state index contributed by atoms with van der Waals surface area (Å²) in [5, 5.41) is 22.7. The molecule has 26 heavy (non-hydrogen) atoms. The monoisotopic (exact) mass is 349 g/mol. The van der Waals surface area contributed by atoms with Gasteiger partial charge >= 0.3 is 0 Å². The number of Topliss-reactive ketones (excluding diaryl/α,β-unsaturated/α-hetero) is 1. The summed E-state index contributed by atoms with van der Waals surface area (Å²) in [6.07, 6.45) is 0.346. The molecule has 2 N–H and O–H groups in total. The number of β-amino-alcohol motifs (C(OH)–C–C–N with tert-alkyl or cyclic N) is 1. The number of likely N-dealkylation sites (tertiary alicyclic amines) is 1. The minimum Gasteiger partial charge on any atom is -0.392 e. The SMILES string of the molecule is CC(=O)c1ccc(C#N)c(NC[C@@H]2C[C@@H](O)CN2Cc2ccccc2)c1. The summed E-state index contributed by atoms with van der Waals surface area (Å²) in [7, 11) is 0. The molecule has 1 heterocycles. The van der Waals surface area contributed by atoms with Crippen molar-refractivity contribution in [3.63, 3.8) is 0 Å². The predicted octanol–water partition coefficient (Wildman–Crippen LogP) is 2.81. The second-order valence-electron chi connectivity index (χ2n) is 6.77. The molecule has 0 saturated carbocycles. The maximum Gasteiger partial charge on any atom is 0.159 e. The van der Waals surface area contributed by atoms with Crippen molar-refractivity contribution in [3.05, 3.63) is 65.2 Å². The van der Waals surface area contributed by atoms with Crippen molar-refractivity contribution < 1.29 is 9.90 Å². The summed E-state index contributed by atoms with van der Waals surface area (Å²) in [5.74, 6) is -0.0282. The molecule has 1 aliphatic heterocycles. The number of hydrogen-bond donors (Lipinski definition) is 2. The third kappa shape index (κ3) is 4.29. The van der Waals surface area contributed by atoms with E-state index in [1.54, 1.807) is 18.2 Å². The fourth-order valence-electron chi connectivity index (χ4n) is 3.42. The Labute approximate surface area is 153 Å². The maximum absolute atomic E-state index is 11.6. The fourth-order valence-corrected chi connectivity index (χ4v) is 3.42. The Kier molecular flexibility index (Phi) is 5.67. The summed E-state index contributed by atoms with van der Waals surface area (Å²) < 4.78 is 0. The zero-order valence-electron chi connectivity index (χ0n) is 14.9. The number of aliphatic hydroxyl groups is 1. The lowest BCUT2D eigenvalue weighted by molar-refractivity contribution is 0.101. The van der Waals surface area contributed by atoms with Gasteiger partial charge in [0.2, 0.25) is 0 Å². The molecule has 1 aliphatic rings. The molecule has 5 nitrogen and oxygen atoms in total. The van der Waals surface area contributed by atoms with Crippen molar-refractivity contribution >= 4 is 11.5 Å². The summed E-state index contributed by atoms with van der Waals surface area (Å²) in [6, 6.07) is 17.6. The smallest absolute Gasteiger partial charge is 0.159 e. The van der Waals surface area contributed by atoms with Crippen molar-refractivity contribution in [1.29, 1.82) is 5.26 Å². The molecule has 2 aromatic rings. The molecular formula is C21H23N3O2. The van der Waals surface area contributed by atoms with Gasteiger partial charge in [0.15, 0.2) is 5.78 Å². The molecule has 0 aromatic heterocycles. The van der Waals surface area contributed by atoms with E-state index < -0.39 is 0 Å². The maximum atomic E-state index is 11.6. The Morgan fingerprint density at radius 3 is 2.77 bits per heavy atom. The number of rotatable bonds is 6. The van der Waals surface area contributed by atoms with E-state index in [0.717, 1.165) is 6.54 Å². The van der Waals surface area contributed by atoms with Crippen molar-refractivity contribution in [1.82, 2.24) is 4.90 Å². The molecule has 0 aliphatic carbocycles. The van der Waals surface area contributed by atoms with Crippen LogP contribution < -0.4 is 5.32 Å².